The van der Waals surface area contributed by atoms with Crippen LogP contribution in [-0.2, 0) is 0 Å². The molecule has 2 N–H and O–H groups in total. The van der Waals surface area contributed by atoms with E-state index in [-0.39, 0.29) is 0 Å². The van der Waals surface area contributed by atoms with Gasteiger partial charge in [0.1, 0.15) is 5.82 Å². The maximum atomic E-state index is 4.27. The normalized spacial score (nSPS) is 23.6. The molecule has 2 heterocycles. The highest BCUT2D eigenvalue weighted by Crippen LogP contribution is 2.37. The SMILES string of the molecule is CCNc1cc(NCC2(C)CCCS2)ccn1. The monoisotopic (exact) mass is 251 g/mol. The van der Waals surface area contributed by atoms with Crippen molar-refractivity contribution in [2.24, 2.45) is 0 Å². The standard InChI is InChI=1S/C13H21N3S/c1-3-14-12-9-11(5-7-15-12)16-10-13(2)6-4-8-17-13/h5,7,9H,3-4,6,8,10H2,1-2H3,(H2,14,15,16). The maximum absolute atomic E-state index is 4.27. The third kappa shape index (κ3) is 3.53. The first-order valence-electron chi connectivity index (χ1n) is 6.30. The minimum Gasteiger partial charge on any atom is -0.384 e. The highest BCUT2D eigenvalue weighted by molar-refractivity contribution is 8.00. The zero-order valence-corrected chi connectivity index (χ0v) is 11.4. The Hall–Kier alpha value is -0.900. The summed E-state index contributed by atoms with van der Waals surface area (Å²) in [7, 11) is 0. The fourth-order valence-electron chi connectivity index (χ4n) is 2.08. The van der Waals surface area contributed by atoms with Crippen molar-refractivity contribution >= 4 is 23.3 Å². The zero-order chi connectivity index (χ0) is 12.1. The van der Waals surface area contributed by atoms with Crippen molar-refractivity contribution < 1.29 is 0 Å². The van der Waals surface area contributed by atoms with Gasteiger partial charge in [0.2, 0.25) is 0 Å². The summed E-state index contributed by atoms with van der Waals surface area (Å²) in [6.45, 7) is 6.37. The van der Waals surface area contributed by atoms with Gasteiger partial charge in [-0.3, -0.25) is 0 Å². The first-order chi connectivity index (χ1) is 8.22. The van der Waals surface area contributed by atoms with Crippen LogP contribution in [0.5, 0.6) is 0 Å². The summed E-state index contributed by atoms with van der Waals surface area (Å²) in [4.78, 5) is 4.27. The zero-order valence-electron chi connectivity index (χ0n) is 10.6. The molecule has 0 bridgehead atoms. The molecule has 0 amide bonds. The second-order valence-electron chi connectivity index (χ2n) is 4.72. The fraction of sp³-hybridized carbons (Fsp3) is 0.615. The van der Waals surface area contributed by atoms with E-state index in [0.29, 0.717) is 4.75 Å². The molecule has 0 aliphatic carbocycles. The summed E-state index contributed by atoms with van der Waals surface area (Å²) >= 11 is 2.08. The number of anilines is 2. The largest absolute Gasteiger partial charge is 0.384 e. The van der Waals surface area contributed by atoms with E-state index in [1.165, 1.54) is 18.6 Å². The van der Waals surface area contributed by atoms with Crippen molar-refractivity contribution in [3.63, 3.8) is 0 Å². The molecule has 1 aliphatic rings. The van der Waals surface area contributed by atoms with Gasteiger partial charge in [0.25, 0.3) is 0 Å². The van der Waals surface area contributed by atoms with E-state index in [2.05, 4.69) is 47.3 Å². The first kappa shape index (κ1) is 12.6. The van der Waals surface area contributed by atoms with Crippen LogP contribution in [-0.4, -0.2) is 28.6 Å². The van der Waals surface area contributed by atoms with Crippen molar-refractivity contribution in [3.05, 3.63) is 18.3 Å². The Morgan fingerprint density at radius 1 is 1.47 bits per heavy atom. The molecule has 0 radical (unpaired) electrons. The molecule has 1 unspecified atom stereocenters. The molecule has 2 rings (SSSR count). The van der Waals surface area contributed by atoms with Crippen molar-refractivity contribution in [2.45, 2.75) is 31.4 Å². The summed E-state index contributed by atoms with van der Waals surface area (Å²) in [6.07, 6.45) is 4.52. The van der Waals surface area contributed by atoms with E-state index in [0.717, 1.165) is 24.6 Å². The van der Waals surface area contributed by atoms with E-state index < -0.39 is 0 Å². The van der Waals surface area contributed by atoms with Crippen LogP contribution < -0.4 is 10.6 Å². The first-order valence-corrected chi connectivity index (χ1v) is 7.28. The number of hydrogen-bond acceptors (Lipinski definition) is 4. The molecule has 1 aromatic rings. The van der Waals surface area contributed by atoms with Gasteiger partial charge in [0, 0.05) is 35.8 Å². The Labute approximate surface area is 108 Å². The Balaban J connectivity index is 1.91. The maximum Gasteiger partial charge on any atom is 0.127 e. The van der Waals surface area contributed by atoms with Crippen molar-refractivity contribution in [1.29, 1.82) is 0 Å². The Kier molecular flexibility index (Phi) is 4.15. The average Bonchev–Trinajstić information content (AvgIpc) is 2.76. The molecular weight excluding hydrogens is 230 g/mol. The number of rotatable bonds is 5. The number of nitrogens with one attached hydrogen (secondary N) is 2. The molecule has 1 saturated heterocycles. The highest BCUT2D eigenvalue weighted by atomic mass is 32.2. The molecule has 0 aromatic carbocycles. The van der Waals surface area contributed by atoms with Gasteiger partial charge in [-0.15, -0.1) is 0 Å². The molecule has 0 saturated carbocycles. The second-order valence-corrected chi connectivity index (χ2v) is 6.40. The number of hydrogen-bond donors (Lipinski definition) is 2. The lowest BCUT2D eigenvalue weighted by molar-refractivity contribution is 0.635. The van der Waals surface area contributed by atoms with Gasteiger partial charge in [-0.1, -0.05) is 0 Å². The van der Waals surface area contributed by atoms with Crippen LogP contribution in [0.15, 0.2) is 18.3 Å². The quantitative estimate of drug-likeness (QED) is 0.842. The molecule has 94 valence electrons. The van der Waals surface area contributed by atoms with Crippen LogP contribution in [0.25, 0.3) is 0 Å². The van der Waals surface area contributed by atoms with E-state index >= 15 is 0 Å². The smallest absolute Gasteiger partial charge is 0.127 e. The van der Waals surface area contributed by atoms with Crippen LogP contribution in [0.2, 0.25) is 0 Å². The number of aromatic nitrogens is 1. The summed E-state index contributed by atoms with van der Waals surface area (Å²) in [5.41, 5.74) is 1.16. The summed E-state index contributed by atoms with van der Waals surface area (Å²) in [5, 5.41) is 6.75. The molecule has 1 aromatic heterocycles. The lowest BCUT2D eigenvalue weighted by Gasteiger charge is -2.23. The van der Waals surface area contributed by atoms with Crippen LogP contribution in [0.1, 0.15) is 26.7 Å². The number of pyridine rings is 1. The molecule has 17 heavy (non-hydrogen) atoms. The minimum absolute atomic E-state index is 0.404. The Morgan fingerprint density at radius 2 is 2.35 bits per heavy atom. The summed E-state index contributed by atoms with van der Waals surface area (Å²) < 4.78 is 0.404. The topological polar surface area (TPSA) is 37.0 Å². The van der Waals surface area contributed by atoms with Crippen LogP contribution in [0, 0.1) is 0 Å². The number of thioether (sulfide) groups is 1. The fourth-order valence-corrected chi connectivity index (χ4v) is 3.33. The van der Waals surface area contributed by atoms with Crippen molar-refractivity contribution in [1.82, 2.24) is 4.98 Å². The summed E-state index contributed by atoms with van der Waals surface area (Å²) in [5.74, 6) is 2.25. The molecule has 3 nitrogen and oxygen atoms in total. The summed E-state index contributed by atoms with van der Waals surface area (Å²) in [6, 6.07) is 4.11. The molecule has 1 fully saturated rings. The van der Waals surface area contributed by atoms with Crippen LogP contribution >= 0.6 is 11.8 Å². The van der Waals surface area contributed by atoms with Gasteiger partial charge in [-0.05, 0) is 38.5 Å². The van der Waals surface area contributed by atoms with Gasteiger partial charge in [0.05, 0.1) is 0 Å². The van der Waals surface area contributed by atoms with Crippen molar-refractivity contribution in [3.8, 4) is 0 Å². The van der Waals surface area contributed by atoms with Gasteiger partial charge < -0.3 is 10.6 Å². The number of nitrogens with zero attached hydrogens (tertiary/aromatic N) is 1. The Morgan fingerprint density at radius 3 is 3.06 bits per heavy atom. The van der Waals surface area contributed by atoms with Gasteiger partial charge in [-0.25, -0.2) is 4.98 Å². The predicted octanol–water partition coefficient (Wildman–Crippen LogP) is 3.21. The third-order valence-electron chi connectivity index (χ3n) is 3.08. The molecule has 0 spiro atoms. The minimum atomic E-state index is 0.404. The molecule has 4 heteroatoms. The highest BCUT2D eigenvalue weighted by Gasteiger charge is 2.28. The molecule has 1 atom stereocenters. The molecular formula is C13H21N3S. The van der Waals surface area contributed by atoms with E-state index in [1.807, 2.05) is 12.3 Å². The average molecular weight is 251 g/mol. The van der Waals surface area contributed by atoms with Crippen molar-refractivity contribution in [2.75, 3.05) is 29.5 Å². The lowest BCUT2D eigenvalue weighted by Crippen LogP contribution is -2.27. The third-order valence-corrected chi connectivity index (χ3v) is 4.62. The predicted molar refractivity (Wildman–Crippen MR) is 77.0 cm³/mol. The van der Waals surface area contributed by atoms with Gasteiger partial charge in [0.15, 0.2) is 0 Å². The molecule has 1 aliphatic heterocycles. The second kappa shape index (κ2) is 5.63. The van der Waals surface area contributed by atoms with Crippen LogP contribution in [0.4, 0.5) is 11.5 Å². The van der Waals surface area contributed by atoms with E-state index in [9.17, 15) is 0 Å². The van der Waals surface area contributed by atoms with Gasteiger partial charge >= 0.3 is 0 Å². The van der Waals surface area contributed by atoms with Gasteiger partial charge in [-0.2, -0.15) is 11.8 Å². The lowest BCUT2D eigenvalue weighted by atomic mass is 10.1. The van der Waals surface area contributed by atoms with E-state index in [1.54, 1.807) is 0 Å². The van der Waals surface area contributed by atoms with Crippen LogP contribution in [0.3, 0.4) is 0 Å². The van der Waals surface area contributed by atoms with E-state index in [4.69, 9.17) is 0 Å². The Bertz CT molecular complexity index is 361.